The average Bonchev–Trinajstić information content (AvgIpc) is 2.28. The van der Waals surface area contributed by atoms with Crippen LogP contribution in [-0.2, 0) is 9.47 Å². The standard InChI is InChI=1S/C14H26Cl2O2Si/c1-5-17-8-6-7-9-18-12-11-19(15,16)13(12)10-14(2,3)4/h5,12-13H,1,6-11H2,2-4H3. The maximum Gasteiger partial charge on any atom is 0.259 e. The number of unbranched alkanes of at least 4 members (excludes halogenated alkanes) is 1. The molecule has 0 saturated carbocycles. The number of ether oxygens (including phenoxy) is 2. The van der Waals surface area contributed by atoms with Gasteiger partial charge < -0.3 is 9.47 Å². The van der Waals surface area contributed by atoms with Crippen LogP contribution in [0.25, 0.3) is 0 Å². The Morgan fingerprint density at radius 3 is 2.42 bits per heavy atom. The molecule has 0 aromatic heterocycles. The van der Waals surface area contributed by atoms with Gasteiger partial charge in [-0.1, -0.05) is 27.4 Å². The molecule has 2 nitrogen and oxygen atoms in total. The number of hydrogen-bond acceptors (Lipinski definition) is 2. The third kappa shape index (κ3) is 6.07. The monoisotopic (exact) mass is 324 g/mol. The molecular weight excluding hydrogens is 299 g/mol. The van der Waals surface area contributed by atoms with Gasteiger partial charge in [-0.15, -0.1) is 22.2 Å². The SMILES string of the molecule is C=COCCCCOC1C[Si](Cl)(Cl)C1CC(C)(C)C. The van der Waals surface area contributed by atoms with Gasteiger partial charge in [0.05, 0.1) is 19.0 Å². The normalized spacial score (nSPS) is 25.7. The van der Waals surface area contributed by atoms with E-state index in [1.165, 1.54) is 6.26 Å². The topological polar surface area (TPSA) is 18.5 Å². The van der Waals surface area contributed by atoms with Crippen molar-refractivity contribution in [1.82, 2.24) is 0 Å². The van der Waals surface area contributed by atoms with Crippen molar-refractivity contribution in [3.8, 4) is 0 Å². The second-order valence-corrected chi connectivity index (χ2v) is 13.8. The molecule has 19 heavy (non-hydrogen) atoms. The molecule has 1 rings (SSSR count). The Hall–Kier alpha value is 0.297. The zero-order chi connectivity index (χ0) is 14.5. The summed E-state index contributed by atoms with van der Waals surface area (Å²) in [5.41, 5.74) is 0.632. The fourth-order valence-corrected chi connectivity index (χ4v) is 7.08. The van der Waals surface area contributed by atoms with Crippen LogP contribution in [0, 0.1) is 5.41 Å². The summed E-state index contributed by atoms with van der Waals surface area (Å²) in [5, 5.41) is 0. The van der Waals surface area contributed by atoms with Crippen LogP contribution in [0.4, 0.5) is 0 Å². The molecule has 1 fully saturated rings. The maximum absolute atomic E-state index is 6.45. The van der Waals surface area contributed by atoms with E-state index in [4.69, 9.17) is 31.6 Å². The molecule has 0 amide bonds. The van der Waals surface area contributed by atoms with Crippen LogP contribution in [0.3, 0.4) is 0 Å². The molecular formula is C14H26Cl2O2Si. The first-order valence-electron chi connectivity index (χ1n) is 6.98. The van der Waals surface area contributed by atoms with Crippen LogP contribution in [0.5, 0.6) is 0 Å². The summed E-state index contributed by atoms with van der Waals surface area (Å²) < 4.78 is 11.0. The first kappa shape index (κ1) is 17.3. The van der Waals surface area contributed by atoms with E-state index in [0.29, 0.717) is 12.1 Å². The van der Waals surface area contributed by atoms with Crippen molar-refractivity contribution >= 4 is 28.9 Å². The molecule has 1 aliphatic heterocycles. The summed E-state index contributed by atoms with van der Waals surface area (Å²) in [6, 6.07) is 0.875. The summed E-state index contributed by atoms with van der Waals surface area (Å²) >= 11 is 12.9. The highest BCUT2D eigenvalue weighted by atomic mass is 35.7. The Bertz CT molecular complexity index is 290. The highest BCUT2D eigenvalue weighted by molar-refractivity contribution is 7.47. The van der Waals surface area contributed by atoms with Gasteiger partial charge in [0.2, 0.25) is 0 Å². The molecule has 5 heteroatoms. The fraction of sp³-hybridized carbons (Fsp3) is 0.857. The Kier molecular flexibility index (Phi) is 6.71. The maximum atomic E-state index is 6.45. The van der Waals surface area contributed by atoms with Gasteiger partial charge in [0.1, 0.15) is 0 Å². The summed E-state index contributed by atoms with van der Waals surface area (Å²) in [7, 11) is 0. The highest BCUT2D eigenvalue weighted by Crippen LogP contribution is 2.55. The van der Waals surface area contributed by atoms with E-state index >= 15 is 0 Å². The number of hydrogen-bond donors (Lipinski definition) is 0. The smallest absolute Gasteiger partial charge is 0.259 e. The van der Waals surface area contributed by atoms with Gasteiger partial charge in [-0.05, 0) is 30.7 Å². The molecule has 0 aromatic rings. The first-order chi connectivity index (χ1) is 8.76. The van der Waals surface area contributed by atoms with Crippen molar-refractivity contribution in [3.05, 3.63) is 12.8 Å². The van der Waals surface area contributed by atoms with E-state index in [9.17, 15) is 0 Å². The predicted molar refractivity (Wildman–Crippen MR) is 85.2 cm³/mol. The molecule has 0 N–H and O–H groups in total. The minimum Gasteiger partial charge on any atom is -0.502 e. The second-order valence-electron chi connectivity index (χ2n) is 6.49. The van der Waals surface area contributed by atoms with Crippen LogP contribution in [-0.4, -0.2) is 26.0 Å². The predicted octanol–water partition coefficient (Wildman–Crippen LogP) is 5.05. The fourth-order valence-electron chi connectivity index (χ4n) is 2.39. The van der Waals surface area contributed by atoms with Gasteiger partial charge in [0.15, 0.2) is 0 Å². The summed E-state index contributed by atoms with van der Waals surface area (Å²) in [6.45, 7) is 9.63. The zero-order valence-corrected chi connectivity index (χ0v) is 14.8. The molecule has 2 unspecified atom stereocenters. The van der Waals surface area contributed by atoms with Gasteiger partial charge >= 0.3 is 0 Å². The van der Waals surface area contributed by atoms with Crippen molar-refractivity contribution in [1.29, 1.82) is 0 Å². The van der Waals surface area contributed by atoms with Gasteiger partial charge in [-0.2, -0.15) is 0 Å². The lowest BCUT2D eigenvalue weighted by molar-refractivity contribution is 0.0320. The molecule has 112 valence electrons. The molecule has 0 aromatic carbocycles. The average molecular weight is 325 g/mol. The summed E-state index contributed by atoms with van der Waals surface area (Å²) in [6.07, 6.45) is 4.80. The highest BCUT2D eigenvalue weighted by Gasteiger charge is 2.56. The number of rotatable bonds is 8. The van der Waals surface area contributed by atoms with Gasteiger partial charge in [0, 0.05) is 12.1 Å². The Morgan fingerprint density at radius 1 is 1.26 bits per heavy atom. The van der Waals surface area contributed by atoms with Gasteiger partial charge in [-0.25, -0.2) is 0 Å². The van der Waals surface area contributed by atoms with Crippen molar-refractivity contribution in [3.63, 3.8) is 0 Å². The lowest BCUT2D eigenvalue weighted by Crippen LogP contribution is -2.51. The summed E-state index contributed by atoms with van der Waals surface area (Å²) in [4.78, 5) is 0. The molecule has 0 aliphatic carbocycles. The molecule has 2 atom stereocenters. The van der Waals surface area contributed by atoms with Gasteiger partial charge in [0.25, 0.3) is 6.69 Å². The summed E-state index contributed by atoms with van der Waals surface area (Å²) in [5.74, 6) is 0. The third-order valence-electron chi connectivity index (χ3n) is 3.40. The van der Waals surface area contributed by atoms with Crippen LogP contribution < -0.4 is 0 Å². The van der Waals surface area contributed by atoms with Crippen LogP contribution in [0.1, 0.15) is 40.0 Å². The first-order valence-corrected chi connectivity index (χ1v) is 11.3. The quantitative estimate of drug-likeness (QED) is 0.269. The van der Waals surface area contributed by atoms with Crippen LogP contribution in [0.2, 0.25) is 11.6 Å². The zero-order valence-electron chi connectivity index (χ0n) is 12.3. The van der Waals surface area contributed by atoms with E-state index in [1.54, 1.807) is 0 Å². The number of halogens is 2. The van der Waals surface area contributed by atoms with Gasteiger partial charge in [-0.3, -0.25) is 0 Å². The largest absolute Gasteiger partial charge is 0.502 e. The van der Waals surface area contributed by atoms with Crippen molar-refractivity contribution < 1.29 is 9.47 Å². The van der Waals surface area contributed by atoms with Crippen molar-refractivity contribution in [2.45, 2.75) is 57.7 Å². The second kappa shape index (κ2) is 7.35. The molecule has 0 bridgehead atoms. The molecule has 0 radical (unpaired) electrons. The van der Waals surface area contributed by atoms with Crippen molar-refractivity contribution in [2.75, 3.05) is 13.2 Å². The van der Waals surface area contributed by atoms with E-state index in [1.807, 2.05) is 0 Å². The van der Waals surface area contributed by atoms with E-state index < -0.39 is 6.69 Å². The Balaban J connectivity index is 2.24. The van der Waals surface area contributed by atoms with Crippen LogP contribution in [0.15, 0.2) is 12.8 Å². The van der Waals surface area contributed by atoms with Crippen LogP contribution >= 0.6 is 22.2 Å². The molecule has 0 spiro atoms. The minimum atomic E-state index is -2.05. The van der Waals surface area contributed by atoms with Crippen molar-refractivity contribution in [2.24, 2.45) is 5.41 Å². The Morgan fingerprint density at radius 2 is 1.89 bits per heavy atom. The minimum absolute atomic E-state index is 0.256. The third-order valence-corrected chi connectivity index (χ3v) is 8.62. The lowest BCUT2D eigenvalue weighted by atomic mass is 9.88. The van der Waals surface area contributed by atoms with E-state index in [2.05, 4.69) is 27.4 Å². The van der Waals surface area contributed by atoms with E-state index in [-0.39, 0.29) is 11.5 Å². The van der Waals surface area contributed by atoms with E-state index in [0.717, 1.165) is 31.9 Å². The molecule has 1 aliphatic rings. The Labute approximate surface area is 127 Å². The lowest BCUT2D eigenvalue weighted by Gasteiger charge is -2.47. The molecule has 1 saturated heterocycles. The molecule has 1 heterocycles.